The van der Waals surface area contributed by atoms with E-state index in [1.807, 2.05) is 11.3 Å². The van der Waals surface area contributed by atoms with Crippen molar-refractivity contribution in [1.29, 1.82) is 0 Å². The lowest BCUT2D eigenvalue weighted by molar-refractivity contribution is 1.29. The fourth-order valence-electron chi connectivity index (χ4n) is 5.96. The van der Waals surface area contributed by atoms with Gasteiger partial charge in [0.2, 0.25) is 0 Å². The van der Waals surface area contributed by atoms with E-state index in [9.17, 15) is 0 Å². The SMILES string of the molecule is c1ccc(-c2ccc(N(c3ccc(-c4cccc5c4sc4ccccc45)cc3)c3ccc4ccccc4c3)cc2)cc1. The van der Waals surface area contributed by atoms with Gasteiger partial charge in [-0.05, 0) is 75.5 Å². The summed E-state index contributed by atoms with van der Waals surface area (Å²) in [6, 6.07) is 59.1. The van der Waals surface area contributed by atoms with Crippen molar-refractivity contribution in [3.05, 3.63) is 164 Å². The van der Waals surface area contributed by atoms with Gasteiger partial charge in [0.15, 0.2) is 0 Å². The number of benzene rings is 7. The second-order valence-electron chi connectivity index (χ2n) is 10.6. The first-order valence-electron chi connectivity index (χ1n) is 14.3. The third-order valence-electron chi connectivity index (χ3n) is 8.06. The summed E-state index contributed by atoms with van der Waals surface area (Å²) in [5.74, 6) is 0. The van der Waals surface area contributed by atoms with Crippen molar-refractivity contribution in [2.45, 2.75) is 0 Å². The van der Waals surface area contributed by atoms with Crippen molar-refractivity contribution in [1.82, 2.24) is 0 Å². The van der Waals surface area contributed by atoms with E-state index >= 15 is 0 Å². The van der Waals surface area contributed by atoms with Gasteiger partial charge in [-0.15, -0.1) is 11.3 Å². The Morgan fingerprint density at radius 1 is 0.381 bits per heavy atom. The van der Waals surface area contributed by atoms with Gasteiger partial charge in [-0.3, -0.25) is 0 Å². The van der Waals surface area contributed by atoms with E-state index in [-0.39, 0.29) is 0 Å². The third kappa shape index (κ3) is 4.34. The zero-order valence-corrected chi connectivity index (χ0v) is 23.8. The molecule has 0 atom stereocenters. The van der Waals surface area contributed by atoms with Gasteiger partial charge in [0, 0.05) is 37.2 Å². The molecule has 0 N–H and O–H groups in total. The normalized spacial score (nSPS) is 11.3. The lowest BCUT2D eigenvalue weighted by atomic mass is 10.0. The monoisotopic (exact) mass is 553 g/mol. The van der Waals surface area contributed by atoms with Crippen molar-refractivity contribution in [2.75, 3.05) is 4.90 Å². The maximum atomic E-state index is 2.35. The van der Waals surface area contributed by atoms with Crippen LogP contribution in [0.1, 0.15) is 0 Å². The van der Waals surface area contributed by atoms with E-state index in [2.05, 4.69) is 169 Å². The number of thiophene rings is 1. The Morgan fingerprint density at radius 2 is 0.976 bits per heavy atom. The molecule has 0 saturated carbocycles. The Labute approximate surface area is 249 Å². The minimum atomic E-state index is 1.13. The Kier molecular flexibility index (Phi) is 6.05. The van der Waals surface area contributed by atoms with E-state index in [0.29, 0.717) is 0 Å². The number of fused-ring (bicyclic) bond motifs is 4. The smallest absolute Gasteiger partial charge is 0.0468 e. The molecule has 1 aromatic heterocycles. The van der Waals surface area contributed by atoms with Crippen LogP contribution in [0.4, 0.5) is 17.1 Å². The highest BCUT2D eigenvalue weighted by atomic mass is 32.1. The summed E-state index contributed by atoms with van der Waals surface area (Å²) >= 11 is 1.88. The molecule has 0 saturated heterocycles. The summed E-state index contributed by atoms with van der Waals surface area (Å²) in [5, 5.41) is 5.13. The van der Waals surface area contributed by atoms with Crippen LogP contribution < -0.4 is 4.90 Å². The van der Waals surface area contributed by atoms with Gasteiger partial charge in [-0.1, -0.05) is 121 Å². The number of anilines is 3. The Morgan fingerprint density at radius 3 is 1.76 bits per heavy atom. The minimum absolute atomic E-state index is 1.13. The molecule has 0 amide bonds. The fraction of sp³-hybridized carbons (Fsp3) is 0. The Balaban J connectivity index is 1.23. The Bertz CT molecular complexity index is 2180. The maximum Gasteiger partial charge on any atom is 0.0468 e. The molecule has 0 bridgehead atoms. The zero-order valence-electron chi connectivity index (χ0n) is 22.9. The quantitative estimate of drug-likeness (QED) is 0.205. The largest absolute Gasteiger partial charge is 0.310 e. The summed E-state index contributed by atoms with van der Waals surface area (Å²) in [5.41, 5.74) is 8.35. The van der Waals surface area contributed by atoms with Crippen molar-refractivity contribution in [2.24, 2.45) is 0 Å². The summed E-state index contributed by atoms with van der Waals surface area (Å²) in [6.45, 7) is 0. The average Bonchev–Trinajstić information content (AvgIpc) is 3.45. The molecule has 0 aliphatic heterocycles. The molecule has 42 heavy (non-hydrogen) atoms. The lowest BCUT2D eigenvalue weighted by Crippen LogP contribution is -2.09. The van der Waals surface area contributed by atoms with Gasteiger partial charge in [0.25, 0.3) is 0 Å². The highest BCUT2D eigenvalue weighted by Crippen LogP contribution is 2.42. The zero-order chi connectivity index (χ0) is 27.9. The van der Waals surface area contributed by atoms with Crippen LogP contribution in [-0.4, -0.2) is 0 Å². The van der Waals surface area contributed by atoms with Gasteiger partial charge in [0.05, 0.1) is 0 Å². The second kappa shape index (κ2) is 10.3. The van der Waals surface area contributed by atoms with Crippen LogP contribution in [0.25, 0.3) is 53.2 Å². The highest BCUT2D eigenvalue weighted by molar-refractivity contribution is 7.26. The number of rotatable bonds is 5. The molecule has 198 valence electrons. The molecule has 1 heterocycles. The standard InChI is InChI=1S/C40H27NS/c1-2-9-28(10-3-1)30-17-22-33(23-18-30)41(35-26-19-29-11-4-5-12-32(29)27-35)34-24-20-31(21-25-34)36-14-8-15-38-37-13-6-7-16-39(37)42-40(36)38/h1-27H. The van der Waals surface area contributed by atoms with Crippen LogP contribution in [-0.2, 0) is 0 Å². The van der Waals surface area contributed by atoms with Crippen molar-refractivity contribution >= 4 is 59.3 Å². The average molecular weight is 554 g/mol. The summed E-state index contributed by atoms with van der Waals surface area (Å²) in [4.78, 5) is 2.35. The molecule has 0 spiro atoms. The first-order chi connectivity index (χ1) is 20.8. The summed E-state index contributed by atoms with van der Waals surface area (Å²) in [6.07, 6.45) is 0. The fourth-order valence-corrected chi connectivity index (χ4v) is 7.20. The van der Waals surface area contributed by atoms with Gasteiger partial charge in [-0.25, -0.2) is 0 Å². The molecular formula is C40H27NS. The predicted molar refractivity (Wildman–Crippen MR) is 182 cm³/mol. The Hall–Kier alpha value is -5.18. The molecule has 0 radical (unpaired) electrons. The number of nitrogens with zero attached hydrogens (tertiary/aromatic N) is 1. The van der Waals surface area contributed by atoms with Crippen LogP contribution in [0.3, 0.4) is 0 Å². The van der Waals surface area contributed by atoms with Crippen LogP contribution in [0.15, 0.2) is 164 Å². The van der Waals surface area contributed by atoms with E-state index in [0.717, 1.165) is 17.1 Å². The molecule has 8 aromatic rings. The van der Waals surface area contributed by atoms with Gasteiger partial charge < -0.3 is 4.90 Å². The third-order valence-corrected chi connectivity index (χ3v) is 9.28. The van der Waals surface area contributed by atoms with Crippen molar-refractivity contribution in [3.8, 4) is 22.3 Å². The molecular weight excluding hydrogens is 527 g/mol. The van der Waals surface area contributed by atoms with Gasteiger partial charge in [0.1, 0.15) is 0 Å². The minimum Gasteiger partial charge on any atom is -0.310 e. The van der Waals surface area contributed by atoms with Crippen LogP contribution in [0.2, 0.25) is 0 Å². The maximum absolute atomic E-state index is 2.35. The summed E-state index contributed by atoms with van der Waals surface area (Å²) < 4.78 is 2.67. The van der Waals surface area contributed by atoms with E-state index in [4.69, 9.17) is 0 Å². The van der Waals surface area contributed by atoms with Crippen molar-refractivity contribution < 1.29 is 0 Å². The first-order valence-corrected chi connectivity index (χ1v) is 15.1. The molecule has 1 nitrogen and oxygen atoms in total. The van der Waals surface area contributed by atoms with E-state index < -0.39 is 0 Å². The molecule has 8 rings (SSSR count). The van der Waals surface area contributed by atoms with E-state index in [1.165, 1.54) is 53.2 Å². The number of hydrogen-bond donors (Lipinski definition) is 0. The first kappa shape index (κ1) is 24.6. The van der Waals surface area contributed by atoms with Gasteiger partial charge in [-0.2, -0.15) is 0 Å². The van der Waals surface area contributed by atoms with Crippen LogP contribution >= 0.6 is 11.3 Å². The highest BCUT2D eigenvalue weighted by Gasteiger charge is 2.15. The second-order valence-corrected chi connectivity index (χ2v) is 11.7. The summed E-state index contributed by atoms with van der Waals surface area (Å²) in [7, 11) is 0. The van der Waals surface area contributed by atoms with Gasteiger partial charge >= 0.3 is 0 Å². The molecule has 0 aliphatic rings. The molecule has 0 aliphatic carbocycles. The molecule has 0 fully saturated rings. The van der Waals surface area contributed by atoms with Crippen LogP contribution in [0.5, 0.6) is 0 Å². The topological polar surface area (TPSA) is 3.24 Å². The van der Waals surface area contributed by atoms with Crippen molar-refractivity contribution in [3.63, 3.8) is 0 Å². The predicted octanol–water partition coefficient (Wildman–Crippen LogP) is 12.0. The molecule has 7 aromatic carbocycles. The lowest BCUT2D eigenvalue weighted by Gasteiger charge is -2.26. The molecule has 0 unspecified atom stereocenters. The molecule has 2 heteroatoms. The van der Waals surface area contributed by atoms with Crippen LogP contribution in [0, 0.1) is 0 Å². The van der Waals surface area contributed by atoms with E-state index in [1.54, 1.807) is 0 Å². The number of hydrogen-bond acceptors (Lipinski definition) is 2.